The summed E-state index contributed by atoms with van der Waals surface area (Å²) in [5, 5.41) is 8.38. The Morgan fingerprint density at radius 2 is 1.81 bits per heavy atom. The Hall–Kier alpha value is -4.24. The van der Waals surface area contributed by atoms with Gasteiger partial charge in [-0.3, -0.25) is 23.6 Å². The smallest absolute Gasteiger partial charge is 0.265 e. The molecule has 3 heterocycles. The number of Topliss-reactive ketones (excluding diaryl/α,β-unsaturated/α-hetero) is 1. The molecule has 5 aromatic rings. The van der Waals surface area contributed by atoms with Crippen molar-refractivity contribution >= 4 is 44.0 Å². The van der Waals surface area contributed by atoms with E-state index in [1.807, 2.05) is 54.2 Å². The van der Waals surface area contributed by atoms with Crippen LogP contribution < -0.4 is 15.6 Å². The zero-order valence-electron chi connectivity index (χ0n) is 20.6. The summed E-state index contributed by atoms with van der Waals surface area (Å²) in [6, 6.07) is 18.2. The lowest BCUT2D eigenvalue weighted by Gasteiger charge is -2.11. The molecule has 0 aliphatic rings. The molecular weight excluding hydrogens is 488 g/mol. The van der Waals surface area contributed by atoms with E-state index in [1.165, 1.54) is 23.0 Å². The maximum atomic E-state index is 13.7. The summed E-state index contributed by atoms with van der Waals surface area (Å²) in [5.74, 6) is -0.242. The minimum atomic E-state index is -0.362. The van der Waals surface area contributed by atoms with Crippen LogP contribution in [0.1, 0.15) is 32.1 Å². The van der Waals surface area contributed by atoms with Crippen LogP contribution in [0.5, 0.6) is 5.75 Å². The van der Waals surface area contributed by atoms with E-state index < -0.39 is 0 Å². The number of aromatic nitrogens is 3. The van der Waals surface area contributed by atoms with Crippen molar-refractivity contribution in [3.63, 3.8) is 0 Å². The van der Waals surface area contributed by atoms with Crippen molar-refractivity contribution in [1.29, 1.82) is 0 Å². The fraction of sp³-hybridized carbons (Fsp3) is 0.214. The first-order chi connectivity index (χ1) is 18.0. The Morgan fingerprint density at radius 1 is 1.05 bits per heavy atom. The van der Waals surface area contributed by atoms with Crippen LogP contribution in [0, 0.1) is 6.92 Å². The Bertz CT molecular complexity index is 1670. The lowest BCUT2D eigenvalue weighted by Crippen LogP contribution is -2.26. The molecule has 2 aromatic carbocycles. The average Bonchev–Trinajstić information content (AvgIpc) is 3.52. The van der Waals surface area contributed by atoms with E-state index in [-0.39, 0.29) is 29.5 Å². The molecule has 0 fully saturated rings. The zero-order chi connectivity index (χ0) is 25.9. The number of thiophene rings is 1. The number of rotatable bonds is 9. The first-order valence-corrected chi connectivity index (χ1v) is 12.8. The van der Waals surface area contributed by atoms with Crippen LogP contribution in [0.15, 0.2) is 71.7 Å². The standard InChI is InChI=1S/C28H26N4O4S/c1-18-13-16-31(30-18)15-8-14-29-27(34)26-24(36-2)23-25(37-26)20-11-6-7-12-21(20)32(28(23)35)17-22(33)19-9-4-3-5-10-19/h3-7,9-13,16H,8,14-15,17H2,1-2H3,(H,29,34). The van der Waals surface area contributed by atoms with E-state index in [9.17, 15) is 14.4 Å². The molecule has 0 aliphatic carbocycles. The molecule has 0 bridgehead atoms. The quantitative estimate of drug-likeness (QED) is 0.232. The SMILES string of the molecule is COc1c(C(=O)NCCCn2ccc(C)n2)sc2c1c(=O)n(CC(=O)c1ccccc1)c1ccccc21. The second-order valence-electron chi connectivity index (χ2n) is 8.70. The maximum Gasteiger partial charge on any atom is 0.265 e. The molecule has 1 N–H and O–H groups in total. The van der Waals surface area contributed by atoms with Crippen LogP contribution in [0.25, 0.3) is 21.0 Å². The van der Waals surface area contributed by atoms with Gasteiger partial charge in [0.15, 0.2) is 11.5 Å². The highest BCUT2D eigenvalue weighted by atomic mass is 32.1. The van der Waals surface area contributed by atoms with Gasteiger partial charge in [-0.1, -0.05) is 48.5 Å². The second-order valence-corrected chi connectivity index (χ2v) is 9.72. The third-order valence-electron chi connectivity index (χ3n) is 6.19. The molecule has 0 saturated carbocycles. The van der Waals surface area contributed by atoms with Crippen LogP contribution in [-0.4, -0.2) is 39.7 Å². The van der Waals surface area contributed by atoms with Crippen molar-refractivity contribution in [1.82, 2.24) is 19.7 Å². The highest BCUT2D eigenvalue weighted by Gasteiger charge is 2.25. The third-order valence-corrected chi connectivity index (χ3v) is 7.40. The number of hydrogen-bond acceptors (Lipinski definition) is 6. The lowest BCUT2D eigenvalue weighted by molar-refractivity contribution is 0.0950. The Labute approximate surface area is 217 Å². The number of hydrogen-bond donors (Lipinski definition) is 1. The predicted molar refractivity (Wildman–Crippen MR) is 145 cm³/mol. The Kier molecular flexibility index (Phi) is 6.87. The molecule has 1 amide bonds. The van der Waals surface area contributed by atoms with Gasteiger partial charge in [-0.2, -0.15) is 5.10 Å². The van der Waals surface area contributed by atoms with Gasteiger partial charge >= 0.3 is 0 Å². The van der Waals surface area contributed by atoms with E-state index in [4.69, 9.17) is 4.74 Å². The topological polar surface area (TPSA) is 95.2 Å². The number of ketones is 1. The van der Waals surface area contributed by atoms with Crippen molar-refractivity contribution in [2.75, 3.05) is 13.7 Å². The highest BCUT2D eigenvalue weighted by Crippen LogP contribution is 2.39. The minimum absolute atomic E-state index is 0.118. The van der Waals surface area contributed by atoms with E-state index in [2.05, 4.69) is 10.4 Å². The average molecular weight is 515 g/mol. The number of aryl methyl sites for hydroxylation is 2. The van der Waals surface area contributed by atoms with Gasteiger partial charge in [-0.25, -0.2) is 0 Å². The van der Waals surface area contributed by atoms with Crippen LogP contribution >= 0.6 is 11.3 Å². The number of fused-ring (bicyclic) bond motifs is 3. The second kappa shape index (κ2) is 10.4. The molecular formula is C28H26N4O4S. The molecule has 0 aliphatic heterocycles. The van der Waals surface area contributed by atoms with Gasteiger partial charge < -0.3 is 10.1 Å². The molecule has 0 radical (unpaired) electrons. The molecule has 0 atom stereocenters. The van der Waals surface area contributed by atoms with Gasteiger partial charge in [-0.05, 0) is 25.5 Å². The van der Waals surface area contributed by atoms with E-state index in [0.717, 1.165) is 11.1 Å². The summed E-state index contributed by atoms with van der Waals surface area (Å²) < 4.78 is 9.58. The van der Waals surface area contributed by atoms with E-state index in [0.29, 0.717) is 45.6 Å². The number of methoxy groups -OCH3 is 1. The van der Waals surface area contributed by atoms with Gasteiger partial charge in [0, 0.05) is 30.2 Å². The first-order valence-electron chi connectivity index (χ1n) is 12.0. The summed E-state index contributed by atoms with van der Waals surface area (Å²) in [6.45, 7) is 2.95. The summed E-state index contributed by atoms with van der Waals surface area (Å²) in [6.07, 6.45) is 2.61. The summed E-state index contributed by atoms with van der Waals surface area (Å²) in [7, 11) is 1.45. The number of amides is 1. The van der Waals surface area contributed by atoms with Crippen molar-refractivity contribution in [2.45, 2.75) is 26.4 Å². The van der Waals surface area contributed by atoms with Crippen molar-refractivity contribution < 1.29 is 14.3 Å². The number of carbonyl (C=O) groups is 2. The minimum Gasteiger partial charge on any atom is -0.494 e. The van der Waals surface area contributed by atoms with Crippen molar-refractivity contribution in [3.05, 3.63) is 93.3 Å². The van der Waals surface area contributed by atoms with E-state index >= 15 is 0 Å². The monoisotopic (exact) mass is 514 g/mol. The summed E-state index contributed by atoms with van der Waals surface area (Å²) >= 11 is 1.23. The predicted octanol–water partition coefficient (Wildman–Crippen LogP) is 4.43. The van der Waals surface area contributed by atoms with Gasteiger partial charge in [0.1, 0.15) is 10.3 Å². The van der Waals surface area contributed by atoms with E-state index in [1.54, 1.807) is 24.3 Å². The van der Waals surface area contributed by atoms with Gasteiger partial charge in [0.2, 0.25) is 0 Å². The largest absolute Gasteiger partial charge is 0.494 e. The lowest BCUT2D eigenvalue weighted by atomic mass is 10.1. The number of nitrogens with zero attached hydrogens (tertiary/aromatic N) is 3. The molecule has 8 nitrogen and oxygen atoms in total. The van der Waals surface area contributed by atoms with Crippen molar-refractivity contribution in [3.8, 4) is 5.75 Å². The van der Waals surface area contributed by atoms with Crippen LogP contribution in [-0.2, 0) is 13.1 Å². The number of ether oxygens (including phenoxy) is 1. The summed E-state index contributed by atoms with van der Waals surface area (Å²) in [5.41, 5.74) is 1.75. The molecule has 5 rings (SSSR count). The number of nitrogens with one attached hydrogen (secondary N) is 1. The molecule has 0 unspecified atom stereocenters. The van der Waals surface area contributed by atoms with Crippen LogP contribution in [0.3, 0.4) is 0 Å². The number of carbonyl (C=O) groups excluding carboxylic acids is 2. The van der Waals surface area contributed by atoms with Crippen LogP contribution in [0.2, 0.25) is 0 Å². The Balaban J connectivity index is 1.49. The van der Waals surface area contributed by atoms with Gasteiger partial charge in [0.05, 0.1) is 29.6 Å². The fourth-order valence-corrected chi connectivity index (χ4v) is 5.63. The molecule has 188 valence electrons. The molecule has 3 aromatic heterocycles. The van der Waals surface area contributed by atoms with Gasteiger partial charge in [-0.15, -0.1) is 11.3 Å². The molecule has 0 saturated heterocycles. The van der Waals surface area contributed by atoms with Gasteiger partial charge in [0.25, 0.3) is 11.5 Å². The summed E-state index contributed by atoms with van der Waals surface area (Å²) in [4.78, 5) is 40.2. The maximum absolute atomic E-state index is 13.7. The molecule has 9 heteroatoms. The number of benzene rings is 2. The zero-order valence-corrected chi connectivity index (χ0v) is 21.4. The van der Waals surface area contributed by atoms with Crippen molar-refractivity contribution in [2.24, 2.45) is 0 Å². The first kappa shape index (κ1) is 24.5. The van der Waals surface area contributed by atoms with Crippen LogP contribution in [0.4, 0.5) is 0 Å². The Morgan fingerprint density at radius 3 is 2.54 bits per heavy atom. The highest BCUT2D eigenvalue weighted by molar-refractivity contribution is 7.22. The number of pyridine rings is 1. The third kappa shape index (κ3) is 4.77. The number of para-hydroxylation sites is 1. The molecule has 37 heavy (non-hydrogen) atoms. The fourth-order valence-electron chi connectivity index (χ4n) is 4.42. The normalized spacial score (nSPS) is 11.2. The molecule has 0 spiro atoms.